The van der Waals surface area contributed by atoms with Gasteiger partial charge in [-0.05, 0) is 44.5 Å². The zero-order chi connectivity index (χ0) is 13.1. The first-order valence-electron chi connectivity index (χ1n) is 7.51. The van der Waals surface area contributed by atoms with Gasteiger partial charge >= 0.3 is 0 Å². The zero-order valence-corrected chi connectivity index (χ0v) is 11.7. The van der Waals surface area contributed by atoms with Gasteiger partial charge in [0.25, 0.3) is 0 Å². The molecule has 19 heavy (non-hydrogen) atoms. The SMILES string of the molecule is CCCNC(c1ccco1)C1CN2CCCC2CO1. The van der Waals surface area contributed by atoms with E-state index in [1.54, 1.807) is 6.26 Å². The van der Waals surface area contributed by atoms with E-state index in [1.165, 1.54) is 19.4 Å². The van der Waals surface area contributed by atoms with Crippen LogP contribution in [-0.2, 0) is 4.74 Å². The van der Waals surface area contributed by atoms with Crippen molar-refractivity contribution in [2.75, 3.05) is 26.2 Å². The van der Waals surface area contributed by atoms with Gasteiger partial charge in [0.1, 0.15) is 5.76 Å². The normalized spacial score (nSPS) is 29.3. The van der Waals surface area contributed by atoms with E-state index in [0.29, 0.717) is 6.04 Å². The van der Waals surface area contributed by atoms with Gasteiger partial charge in [-0.15, -0.1) is 0 Å². The molecule has 1 aromatic rings. The second-order valence-corrected chi connectivity index (χ2v) is 5.61. The molecule has 2 aliphatic rings. The van der Waals surface area contributed by atoms with Crippen LogP contribution >= 0.6 is 0 Å². The number of nitrogens with one attached hydrogen (secondary N) is 1. The van der Waals surface area contributed by atoms with Crippen LogP contribution in [0.3, 0.4) is 0 Å². The first-order chi connectivity index (χ1) is 9.38. The third kappa shape index (κ3) is 2.86. The Bertz CT molecular complexity index is 380. The lowest BCUT2D eigenvalue weighted by Gasteiger charge is -2.38. The quantitative estimate of drug-likeness (QED) is 0.884. The molecule has 3 atom stereocenters. The van der Waals surface area contributed by atoms with Crippen molar-refractivity contribution in [3.05, 3.63) is 24.2 Å². The minimum atomic E-state index is 0.177. The van der Waals surface area contributed by atoms with Crippen LogP contribution in [0.15, 0.2) is 22.8 Å². The molecule has 1 aromatic heterocycles. The molecule has 0 saturated carbocycles. The molecule has 1 N–H and O–H groups in total. The summed E-state index contributed by atoms with van der Waals surface area (Å²) in [5.41, 5.74) is 0. The van der Waals surface area contributed by atoms with Crippen molar-refractivity contribution >= 4 is 0 Å². The van der Waals surface area contributed by atoms with E-state index in [9.17, 15) is 0 Å². The minimum Gasteiger partial charge on any atom is -0.468 e. The highest BCUT2D eigenvalue weighted by atomic mass is 16.5. The van der Waals surface area contributed by atoms with Gasteiger partial charge in [0.2, 0.25) is 0 Å². The van der Waals surface area contributed by atoms with E-state index < -0.39 is 0 Å². The molecule has 0 bridgehead atoms. The number of hydrogen-bond donors (Lipinski definition) is 1. The molecule has 3 heterocycles. The van der Waals surface area contributed by atoms with Crippen molar-refractivity contribution in [2.24, 2.45) is 0 Å². The Morgan fingerprint density at radius 2 is 2.47 bits per heavy atom. The fourth-order valence-electron chi connectivity index (χ4n) is 3.23. The molecule has 0 aliphatic carbocycles. The first-order valence-corrected chi connectivity index (χ1v) is 7.51. The molecule has 0 aromatic carbocycles. The van der Waals surface area contributed by atoms with Gasteiger partial charge in [-0.1, -0.05) is 6.92 Å². The van der Waals surface area contributed by atoms with Crippen molar-refractivity contribution in [1.29, 1.82) is 0 Å². The van der Waals surface area contributed by atoms with Crippen LogP contribution in [-0.4, -0.2) is 43.3 Å². The largest absolute Gasteiger partial charge is 0.468 e. The van der Waals surface area contributed by atoms with Gasteiger partial charge < -0.3 is 14.5 Å². The van der Waals surface area contributed by atoms with E-state index in [4.69, 9.17) is 9.15 Å². The summed E-state index contributed by atoms with van der Waals surface area (Å²) in [6.45, 7) is 6.30. The maximum atomic E-state index is 6.11. The lowest BCUT2D eigenvalue weighted by Crippen LogP contribution is -2.50. The van der Waals surface area contributed by atoms with Crippen molar-refractivity contribution in [3.63, 3.8) is 0 Å². The number of ether oxygens (including phenoxy) is 1. The Kier molecular flexibility index (Phi) is 4.21. The van der Waals surface area contributed by atoms with Crippen LogP contribution in [0, 0.1) is 0 Å². The fraction of sp³-hybridized carbons (Fsp3) is 0.733. The molecular formula is C15H24N2O2. The van der Waals surface area contributed by atoms with Crippen molar-refractivity contribution < 1.29 is 9.15 Å². The number of morpholine rings is 1. The van der Waals surface area contributed by atoms with E-state index in [2.05, 4.69) is 17.1 Å². The summed E-state index contributed by atoms with van der Waals surface area (Å²) in [7, 11) is 0. The number of fused-ring (bicyclic) bond motifs is 1. The molecule has 4 nitrogen and oxygen atoms in total. The predicted octanol–water partition coefficient (Wildman–Crippen LogP) is 2.18. The Hall–Kier alpha value is -0.840. The monoisotopic (exact) mass is 264 g/mol. The van der Waals surface area contributed by atoms with Gasteiger partial charge in [0.15, 0.2) is 0 Å². The highest BCUT2D eigenvalue weighted by Crippen LogP contribution is 2.29. The molecule has 3 unspecified atom stereocenters. The third-order valence-electron chi connectivity index (χ3n) is 4.25. The Labute approximate surface area is 115 Å². The van der Waals surface area contributed by atoms with Gasteiger partial charge in [-0.25, -0.2) is 0 Å². The van der Waals surface area contributed by atoms with Crippen LogP contribution < -0.4 is 5.32 Å². The molecule has 3 rings (SSSR count). The van der Waals surface area contributed by atoms with Crippen LogP contribution in [0.25, 0.3) is 0 Å². The van der Waals surface area contributed by atoms with E-state index >= 15 is 0 Å². The topological polar surface area (TPSA) is 37.6 Å². The molecule has 2 aliphatic heterocycles. The smallest absolute Gasteiger partial charge is 0.123 e. The van der Waals surface area contributed by atoms with Gasteiger partial charge in [-0.3, -0.25) is 4.90 Å². The third-order valence-corrected chi connectivity index (χ3v) is 4.25. The lowest BCUT2D eigenvalue weighted by atomic mass is 10.0. The van der Waals surface area contributed by atoms with Crippen molar-refractivity contribution in [3.8, 4) is 0 Å². The summed E-state index contributed by atoms with van der Waals surface area (Å²) in [4.78, 5) is 2.58. The number of hydrogen-bond acceptors (Lipinski definition) is 4. The van der Waals surface area contributed by atoms with Crippen molar-refractivity contribution in [1.82, 2.24) is 10.2 Å². The Morgan fingerprint density at radius 3 is 3.26 bits per heavy atom. The molecule has 106 valence electrons. The molecule has 0 radical (unpaired) electrons. The average molecular weight is 264 g/mol. The maximum absolute atomic E-state index is 6.11. The molecular weight excluding hydrogens is 240 g/mol. The number of nitrogens with zero attached hydrogens (tertiary/aromatic N) is 1. The zero-order valence-electron chi connectivity index (χ0n) is 11.7. The van der Waals surface area contributed by atoms with Gasteiger partial charge in [-0.2, -0.15) is 0 Å². The summed E-state index contributed by atoms with van der Waals surface area (Å²) in [6.07, 6.45) is 5.68. The van der Waals surface area contributed by atoms with Crippen LogP contribution in [0.5, 0.6) is 0 Å². The molecule has 2 saturated heterocycles. The average Bonchev–Trinajstić information content (AvgIpc) is 3.09. The van der Waals surface area contributed by atoms with E-state index in [0.717, 1.165) is 31.9 Å². The molecule has 0 amide bonds. The summed E-state index contributed by atoms with van der Waals surface area (Å²) in [6, 6.07) is 4.83. The standard InChI is InChI=1S/C15H24N2O2/c1-2-7-16-15(13-6-4-9-18-13)14-10-17-8-3-5-12(17)11-19-14/h4,6,9,12,14-16H,2-3,5,7-8,10-11H2,1H3. The summed E-state index contributed by atoms with van der Waals surface area (Å²) in [5, 5.41) is 3.58. The highest BCUT2D eigenvalue weighted by Gasteiger charge is 2.36. The van der Waals surface area contributed by atoms with Crippen molar-refractivity contribution in [2.45, 2.75) is 44.4 Å². The predicted molar refractivity (Wildman–Crippen MR) is 74.1 cm³/mol. The second kappa shape index (κ2) is 6.07. The van der Waals surface area contributed by atoms with Gasteiger partial charge in [0, 0.05) is 12.6 Å². The van der Waals surface area contributed by atoms with Crippen LogP contribution in [0.4, 0.5) is 0 Å². The maximum Gasteiger partial charge on any atom is 0.123 e. The van der Waals surface area contributed by atoms with Crippen LogP contribution in [0.2, 0.25) is 0 Å². The minimum absolute atomic E-state index is 0.177. The van der Waals surface area contributed by atoms with Gasteiger partial charge in [0.05, 0.1) is 25.0 Å². The molecule has 0 spiro atoms. The van der Waals surface area contributed by atoms with Crippen LogP contribution in [0.1, 0.15) is 38.0 Å². The Morgan fingerprint density at radius 1 is 1.53 bits per heavy atom. The second-order valence-electron chi connectivity index (χ2n) is 5.61. The van der Waals surface area contributed by atoms with E-state index in [-0.39, 0.29) is 12.1 Å². The number of furan rings is 1. The highest BCUT2D eigenvalue weighted by molar-refractivity contribution is 5.08. The first kappa shape index (κ1) is 13.2. The lowest BCUT2D eigenvalue weighted by molar-refractivity contribution is -0.0680. The fourth-order valence-corrected chi connectivity index (χ4v) is 3.23. The summed E-state index contributed by atoms with van der Waals surface area (Å²) in [5.74, 6) is 0.996. The summed E-state index contributed by atoms with van der Waals surface area (Å²) < 4.78 is 11.7. The molecule has 2 fully saturated rings. The molecule has 4 heteroatoms. The summed E-state index contributed by atoms with van der Waals surface area (Å²) >= 11 is 0. The van der Waals surface area contributed by atoms with E-state index in [1.807, 2.05) is 12.1 Å². The number of rotatable bonds is 5. The Balaban J connectivity index is 1.69.